The molecule has 1 heterocycles. The maximum absolute atomic E-state index is 13.2. The Morgan fingerprint density at radius 2 is 1.76 bits per heavy atom. The first-order chi connectivity index (χ1) is 13.7. The smallest absolute Gasteiger partial charge is 0.410 e. The molecule has 0 bridgehead atoms. The summed E-state index contributed by atoms with van der Waals surface area (Å²) in [5, 5.41) is 4.87. The van der Waals surface area contributed by atoms with Gasteiger partial charge in [-0.3, -0.25) is 14.7 Å². The summed E-state index contributed by atoms with van der Waals surface area (Å²) in [6.07, 6.45) is 2.91. The van der Waals surface area contributed by atoms with Gasteiger partial charge in [-0.05, 0) is 49.9 Å². The lowest BCUT2D eigenvalue weighted by Gasteiger charge is -2.30. The van der Waals surface area contributed by atoms with Crippen molar-refractivity contribution in [2.24, 2.45) is 0 Å². The molecule has 0 aliphatic rings. The Kier molecular flexibility index (Phi) is 5.82. The van der Waals surface area contributed by atoms with Gasteiger partial charge in [-0.25, -0.2) is 4.79 Å². The van der Waals surface area contributed by atoms with Crippen molar-refractivity contribution in [3.8, 4) is 0 Å². The number of rotatable bonds is 4. The van der Waals surface area contributed by atoms with E-state index in [1.807, 2.05) is 54.6 Å². The summed E-state index contributed by atoms with van der Waals surface area (Å²) in [6.45, 7) is 5.38. The molecule has 3 aromatic rings. The van der Waals surface area contributed by atoms with Crippen molar-refractivity contribution in [2.45, 2.75) is 32.4 Å². The van der Waals surface area contributed by atoms with Gasteiger partial charge in [0.15, 0.2) is 0 Å². The second-order valence-corrected chi connectivity index (χ2v) is 7.83. The number of amides is 2. The lowest BCUT2D eigenvalue weighted by molar-refractivity contribution is -0.121. The van der Waals surface area contributed by atoms with Crippen LogP contribution in [-0.4, -0.2) is 34.5 Å². The summed E-state index contributed by atoms with van der Waals surface area (Å²) in [5.74, 6) is -0.321. The zero-order chi connectivity index (χ0) is 21.0. The van der Waals surface area contributed by atoms with Gasteiger partial charge in [-0.15, -0.1) is 0 Å². The molecule has 29 heavy (non-hydrogen) atoms. The molecule has 6 heteroatoms. The van der Waals surface area contributed by atoms with Crippen LogP contribution in [0, 0.1) is 0 Å². The quantitative estimate of drug-likeness (QED) is 0.695. The fraction of sp³-hybridized carbons (Fsp3) is 0.261. The molecule has 0 spiro atoms. The first kappa shape index (κ1) is 20.3. The molecule has 0 aliphatic carbocycles. The van der Waals surface area contributed by atoms with Gasteiger partial charge in [-0.1, -0.05) is 36.4 Å². The summed E-state index contributed by atoms with van der Waals surface area (Å²) < 4.78 is 5.46. The van der Waals surface area contributed by atoms with Crippen LogP contribution >= 0.6 is 0 Å². The summed E-state index contributed by atoms with van der Waals surface area (Å²) in [6, 6.07) is 15.8. The molecular weight excluding hydrogens is 366 g/mol. The second-order valence-electron chi connectivity index (χ2n) is 7.83. The molecule has 3 rings (SSSR count). The zero-order valence-corrected chi connectivity index (χ0v) is 17.0. The van der Waals surface area contributed by atoms with E-state index in [0.717, 1.165) is 10.8 Å². The van der Waals surface area contributed by atoms with Crippen LogP contribution in [0.4, 0.5) is 10.5 Å². The molecule has 0 saturated carbocycles. The van der Waals surface area contributed by atoms with E-state index in [4.69, 9.17) is 4.74 Å². The number of carbonyl (C=O) groups excluding carboxylic acids is 2. The molecule has 0 aliphatic heterocycles. The summed E-state index contributed by atoms with van der Waals surface area (Å²) in [7, 11) is 1.57. The van der Waals surface area contributed by atoms with Crippen LogP contribution in [0.3, 0.4) is 0 Å². The molecule has 2 amide bonds. The molecule has 1 aromatic heterocycles. The molecule has 2 aromatic carbocycles. The molecule has 1 atom stereocenters. The van der Waals surface area contributed by atoms with Crippen LogP contribution in [0.15, 0.2) is 67.0 Å². The number of aromatic nitrogens is 1. The molecule has 0 fully saturated rings. The highest BCUT2D eigenvalue weighted by molar-refractivity contribution is 5.99. The first-order valence-electron chi connectivity index (χ1n) is 9.40. The number of pyridine rings is 1. The van der Waals surface area contributed by atoms with Crippen LogP contribution in [0.1, 0.15) is 32.4 Å². The number of carbonyl (C=O) groups is 2. The second kappa shape index (κ2) is 8.31. The zero-order valence-electron chi connectivity index (χ0n) is 17.0. The van der Waals surface area contributed by atoms with Crippen LogP contribution in [0.5, 0.6) is 0 Å². The number of nitrogens with zero attached hydrogens (tertiary/aromatic N) is 2. The third kappa shape index (κ3) is 5.10. The average molecular weight is 391 g/mol. The van der Waals surface area contributed by atoms with Crippen LogP contribution < -0.4 is 5.32 Å². The number of likely N-dealkylation sites (N-methyl/N-ethyl adjacent to an activating group) is 1. The van der Waals surface area contributed by atoms with E-state index < -0.39 is 17.7 Å². The highest BCUT2D eigenvalue weighted by Gasteiger charge is 2.31. The Morgan fingerprint density at radius 3 is 2.45 bits per heavy atom. The molecule has 0 radical (unpaired) electrons. The average Bonchev–Trinajstić information content (AvgIpc) is 2.67. The molecule has 0 unspecified atom stereocenters. The molecule has 150 valence electrons. The SMILES string of the molecule is CN(C(=O)OC(C)(C)C)[C@@H](C(=O)Nc1ccc2cnccc2c1)c1ccccc1. The minimum atomic E-state index is -0.834. The maximum atomic E-state index is 13.2. The largest absolute Gasteiger partial charge is 0.444 e. The van der Waals surface area contributed by atoms with Crippen molar-refractivity contribution in [1.82, 2.24) is 9.88 Å². The summed E-state index contributed by atoms with van der Waals surface area (Å²) in [4.78, 5) is 31.2. The van der Waals surface area contributed by atoms with Gasteiger partial charge in [0, 0.05) is 30.5 Å². The third-order valence-electron chi connectivity index (χ3n) is 4.34. The van der Waals surface area contributed by atoms with E-state index in [9.17, 15) is 9.59 Å². The van der Waals surface area contributed by atoms with Gasteiger partial charge in [0.2, 0.25) is 0 Å². The summed E-state index contributed by atoms with van der Waals surface area (Å²) in [5.41, 5.74) is 0.686. The maximum Gasteiger partial charge on any atom is 0.410 e. The topological polar surface area (TPSA) is 71.5 Å². The van der Waals surface area contributed by atoms with Crippen molar-refractivity contribution in [2.75, 3.05) is 12.4 Å². The molecule has 1 N–H and O–H groups in total. The number of ether oxygens (including phenoxy) is 1. The predicted octanol–water partition coefficient (Wildman–Crippen LogP) is 4.78. The van der Waals surface area contributed by atoms with E-state index in [2.05, 4.69) is 10.3 Å². The highest BCUT2D eigenvalue weighted by atomic mass is 16.6. The van der Waals surface area contributed by atoms with E-state index in [-0.39, 0.29) is 5.91 Å². The lowest BCUT2D eigenvalue weighted by Crippen LogP contribution is -2.41. The molecule has 0 saturated heterocycles. The first-order valence-corrected chi connectivity index (χ1v) is 9.40. The highest BCUT2D eigenvalue weighted by Crippen LogP contribution is 2.25. The normalized spacial score (nSPS) is 12.3. The number of hydrogen-bond acceptors (Lipinski definition) is 4. The number of benzene rings is 2. The van der Waals surface area contributed by atoms with Crippen LogP contribution in [0.25, 0.3) is 10.8 Å². The Bertz CT molecular complexity index is 1010. The van der Waals surface area contributed by atoms with Gasteiger partial charge in [0.25, 0.3) is 5.91 Å². The van der Waals surface area contributed by atoms with Crippen molar-refractivity contribution in [3.05, 3.63) is 72.6 Å². The van der Waals surface area contributed by atoms with Crippen LogP contribution in [0.2, 0.25) is 0 Å². The van der Waals surface area contributed by atoms with E-state index in [0.29, 0.717) is 11.3 Å². The Labute approximate surface area is 170 Å². The van der Waals surface area contributed by atoms with Gasteiger partial charge in [0.1, 0.15) is 11.6 Å². The van der Waals surface area contributed by atoms with E-state index in [1.54, 1.807) is 40.2 Å². The van der Waals surface area contributed by atoms with Gasteiger partial charge in [-0.2, -0.15) is 0 Å². The Morgan fingerprint density at radius 1 is 1.03 bits per heavy atom. The standard InChI is InChI=1S/C23H25N3O3/c1-23(2,3)29-22(28)26(4)20(16-8-6-5-7-9-16)21(27)25-19-11-10-18-15-24-13-12-17(18)14-19/h5-15,20H,1-4H3,(H,25,27)/t20-/m1/s1. The fourth-order valence-corrected chi connectivity index (χ4v) is 3.00. The molecular formula is C23H25N3O3. The monoisotopic (exact) mass is 391 g/mol. The minimum Gasteiger partial charge on any atom is -0.444 e. The van der Waals surface area contributed by atoms with Gasteiger partial charge >= 0.3 is 6.09 Å². The summed E-state index contributed by atoms with van der Waals surface area (Å²) >= 11 is 0. The predicted molar refractivity (Wildman–Crippen MR) is 114 cm³/mol. The van der Waals surface area contributed by atoms with Crippen LogP contribution in [-0.2, 0) is 9.53 Å². The Balaban J connectivity index is 1.88. The van der Waals surface area contributed by atoms with Crippen molar-refractivity contribution < 1.29 is 14.3 Å². The number of nitrogens with one attached hydrogen (secondary N) is 1. The van der Waals surface area contributed by atoms with E-state index >= 15 is 0 Å². The van der Waals surface area contributed by atoms with E-state index in [1.165, 1.54) is 4.90 Å². The fourth-order valence-electron chi connectivity index (χ4n) is 3.00. The number of fused-ring (bicyclic) bond motifs is 1. The number of anilines is 1. The van der Waals surface area contributed by atoms with Crippen molar-refractivity contribution in [1.29, 1.82) is 0 Å². The van der Waals surface area contributed by atoms with Crippen molar-refractivity contribution >= 4 is 28.5 Å². The minimum absolute atomic E-state index is 0.321. The Hall–Kier alpha value is -3.41. The van der Waals surface area contributed by atoms with Crippen molar-refractivity contribution in [3.63, 3.8) is 0 Å². The van der Waals surface area contributed by atoms with Gasteiger partial charge < -0.3 is 10.1 Å². The molecule has 6 nitrogen and oxygen atoms in total. The third-order valence-corrected chi connectivity index (χ3v) is 4.34. The lowest BCUT2D eigenvalue weighted by atomic mass is 10.0. The number of hydrogen-bond donors (Lipinski definition) is 1. The van der Waals surface area contributed by atoms with Gasteiger partial charge in [0.05, 0.1) is 0 Å².